The number of methoxy groups -OCH3 is 1. The summed E-state index contributed by atoms with van der Waals surface area (Å²) in [5.74, 6) is -3.67. The van der Waals surface area contributed by atoms with Crippen molar-refractivity contribution in [3.63, 3.8) is 0 Å². The number of carboxylic acid groups (broad SMARTS) is 1. The molecule has 3 aromatic carbocycles. The molecule has 274 valence electrons. The van der Waals surface area contributed by atoms with Gasteiger partial charge in [0, 0.05) is 42.1 Å². The van der Waals surface area contributed by atoms with Gasteiger partial charge in [0.25, 0.3) is 17.7 Å². The molecule has 0 spiro atoms. The molecule has 2 unspecified atom stereocenters. The van der Waals surface area contributed by atoms with E-state index in [0.717, 1.165) is 4.90 Å². The minimum atomic E-state index is -1.93. The zero-order valence-electron chi connectivity index (χ0n) is 28.5. The summed E-state index contributed by atoms with van der Waals surface area (Å²) in [6.45, 7) is -0.421. The molecule has 1 fully saturated rings. The van der Waals surface area contributed by atoms with E-state index in [2.05, 4.69) is 26.6 Å². The number of piperazine rings is 1. The normalized spacial score (nSPS) is 15.9. The predicted octanol–water partition coefficient (Wildman–Crippen LogP) is 0.682. The topological polar surface area (TPSA) is 278 Å². The fourth-order valence-corrected chi connectivity index (χ4v) is 5.80. The van der Waals surface area contributed by atoms with Crippen molar-refractivity contribution in [3.8, 4) is 5.75 Å². The molecule has 3 amide bonds. The largest absolute Gasteiger partial charge is 0.497 e. The van der Waals surface area contributed by atoms with Gasteiger partial charge in [0.05, 0.1) is 13.2 Å². The number of hydrogen-bond acceptors (Lipinski definition) is 9. The van der Waals surface area contributed by atoms with Gasteiger partial charge in [-0.05, 0) is 85.5 Å². The number of hydrogen-bond donors (Lipinski definition) is 10. The molecule has 1 heterocycles. The fraction of sp³-hybridized carbons (Fsp3) is 0.286. The van der Waals surface area contributed by atoms with Gasteiger partial charge < -0.3 is 47.5 Å². The molecular weight excluding hydrogens is 672 g/mol. The van der Waals surface area contributed by atoms with E-state index < -0.39 is 47.6 Å². The second-order valence-corrected chi connectivity index (χ2v) is 12.0. The first-order valence-electron chi connectivity index (χ1n) is 16.3. The molecule has 1 aliphatic heterocycles. The zero-order valence-corrected chi connectivity index (χ0v) is 28.5. The van der Waals surface area contributed by atoms with Crippen molar-refractivity contribution in [3.05, 3.63) is 89.5 Å². The Kier molecular flexibility index (Phi) is 12.8. The van der Waals surface area contributed by atoms with Crippen LogP contribution in [0.25, 0.3) is 0 Å². The van der Waals surface area contributed by atoms with E-state index in [9.17, 15) is 29.1 Å². The van der Waals surface area contributed by atoms with Crippen molar-refractivity contribution < 1.29 is 33.8 Å². The Balaban J connectivity index is 1.60. The number of carbonyl (C=O) groups excluding carboxylic acids is 4. The maximum absolute atomic E-state index is 14.7. The number of nitrogens with two attached hydrogens (primary N) is 2. The molecule has 0 aliphatic carbocycles. The molecule has 0 aromatic heterocycles. The van der Waals surface area contributed by atoms with E-state index >= 15 is 0 Å². The van der Waals surface area contributed by atoms with E-state index in [-0.39, 0.29) is 56.4 Å². The summed E-state index contributed by atoms with van der Waals surface area (Å²) in [4.78, 5) is 68.1. The Hall–Kier alpha value is -6.49. The van der Waals surface area contributed by atoms with Crippen LogP contribution in [-0.4, -0.2) is 96.3 Å². The van der Waals surface area contributed by atoms with E-state index in [0.29, 0.717) is 28.3 Å². The maximum atomic E-state index is 14.7. The van der Waals surface area contributed by atoms with Crippen LogP contribution >= 0.6 is 0 Å². The number of benzene rings is 3. The lowest BCUT2D eigenvalue weighted by molar-refractivity contribution is -0.154. The Labute approximate surface area is 299 Å². The standard InChI is InChI=1S/C35H42N10O7/c1-52-26-13-3-21(4-14-26)19-27(44-31(50)23-7-11-25(12-8-23)43-34(38)39)29(48)35(32(51)45(18-17-41-35)20-28(46)47)15-2-16-40-30(49)22-5-9-24(10-6-22)42-33(36)37/h3-14,27,41H,2,15-20H2,1H3,(H,40,49)(H,44,50)(H,46,47)(H4,36,37,42)(H4,38,39,43). The monoisotopic (exact) mass is 714 g/mol. The summed E-state index contributed by atoms with van der Waals surface area (Å²) in [7, 11) is 1.51. The van der Waals surface area contributed by atoms with E-state index in [4.69, 9.17) is 27.0 Å². The lowest BCUT2D eigenvalue weighted by Gasteiger charge is -2.42. The maximum Gasteiger partial charge on any atom is 0.323 e. The Morgan fingerprint density at radius 3 is 1.98 bits per heavy atom. The Morgan fingerprint density at radius 1 is 0.904 bits per heavy atom. The van der Waals surface area contributed by atoms with Crippen molar-refractivity contribution in [1.82, 2.24) is 20.9 Å². The Morgan fingerprint density at radius 2 is 1.46 bits per heavy atom. The van der Waals surface area contributed by atoms with Crippen LogP contribution in [0.15, 0.2) is 72.8 Å². The lowest BCUT2D eigenvalue weighted by Crippen LogP contribution is -2.71. The van der Waals surface area contributed by atoms with Crippen molar-refractivity contribution in [1.29, 1.82) is 10.8 Å². The third kappa shape index (κ3) is 10.0. The number of guanidine groups is 2. The summed E-state index contributed by atoms with van der Waals surface area (Å²) < 4.78 is 5.25. The molecule has 2 atom stereocenters. The molecule has 0 radical (unpaired) electrons. The number of carbonyl (C=O) groups is 5. The van der Waals surface area contributed by atoms with Crippen LogP contribution in [0.2, 0.25) is 0 Å². The summed E-state index contributed by atoms with van der Waals surface area (Å²) in [5, 5.41) is 38.1. The van der Waals surface area contributed by atoms with Gasteiger partial charge in [-0.15, -0.1) is 0 Å². The zero-order chi connectivity index (χ0) is 37.8. The first-order valence-corrected chi connectivity index (χ1v) is 16.3. The molecule has 3 aromatic rings. The molecule has 0 saturated carbocycles. The summed E-state index contributed by atoms with van der Waals surface area (Å²) >= 11 is 0. The molecule has 12 N–H and O–H groups in total. The number of anilines is 2. The van der Waals surface area contributed by atoms with Gasteiger partial charge in [-0.1, -0.05) is 12.1 Å². The van der Waals surface area contributed by atoms with Crippen LogP contribution in [0, 0.1) is 10.8 Å². The average Bonchev–Trinajstić information content (AvgIpc) is 3.11. The highest BCUT2D eigenvalue weighted by Crippen LogP contribution is 2.25. The lowest BCUT2D eigenvalue weighted by atomic mass is 9.80. The van der Waals surface area contributed by atoms with Crippen molar-refractivity contribution in [2.24, 2.45) is 11.5 Å². The molecule has 17 nitrogen and oxygen atoms in total. The molecule has 1 saturated heterocycles. The highest BCUT2D eigenvalue weighted by Gasteiger charge is 2.52. The summed E-state index contributed by atoms with van der Waals surface area (Å²) in [6, 6.07) is 17.9. The highest BCUT2D eigenvalue weighted by atomic mass is 16.5. The SMILES string of the molecule is COc1ccc(CC(NC(=O)c2ccc(NC(=N)N)cc2)C(=O)C2(CCCNC(=O)c3ccc(NC(=N)N)cc3)NCCN(CC(=O)O)C2=O)cc1. The number of ether oxygens (including phenoxy) is 1. The molecule has 0 bridgehead atoms. The van der Waals surface area contributed by atoms with Gasteiger partial charge in [-0.2, -0.15) is 0 Å². The van der Waals surface area contributed by atoms with Crippen molar-refractivity contribution in [2.75, 3.05) is 43.9 Å². The van der Waals surface area contributed by atoms with Crippen LogP contribution in [0.1, 0.15) is 39.1 Å². The third-order valence-electron chi connectivity index (χ3n) is 8.29. The first-order chi connectivity index (χ1) is 24.8. The molecule has 1 aliphatic rings. The molecule has 4 rings (SSSR count). The smallest absolute Gasteiger partial charge is 0.323 e. The summed E-state index contributed by atoms with van der Waals surface area (Å²) in [6.07, 6.45) is -0.00273. The van der Waals surface area contributed by atoms with Gasteiger partial charge in [-0.3, -0.25) is 40.1 Å². The van der Waals surface area contributed by atoms with Gasteiger partial charge in [-0.25, -0.2) is 0 Å². The van der Waals surface area contributed by atoms with Gasteiger partial charge in [0.2, 0.25) is 0 Å². The summed E-state index contributed by atoms with van der Waals surface area (Å²) in [5.41, 5.74) is 11.0. The number of carboxylic acids is 1. The highest BCUT2D eigenvalue weighted by molar-refractivity contribution is 6.14. The third-order valence-corrected chi connectivity index (χ3v) is 8.29. The van der Waals surface area contributed by atoms with Crippen LogP contribution in [-0.2, 0) is 20.8 Å². The number of aliphatic carboxylic acids is 1. The number of ketones is 1. The predicted molar refractivity (Wildman–Crippen MR) is 193 cm³/mol. The van der Waals surface area contributed by atoms with Gasteiger partial charge >= 0.3 is 5.97 Å². The second kappa shape index (κ2) is 17.4. The number of nitrogens with zero attached hydrogens (tertiary/aromatic N) is 1. The van der Waals surface area contributed by atoms with E-state index in [1.54, 1.807) is 60.7 Å². The Bertz CT molecular complexity index is 1800. The quantitative estimate of drug-likeness (QED) is 0.0425. The fourth-order valence-electron chi connectivity index (χ4n) is 5.80. The molecule has 52 heavy (non-hydrogen) atoms. The van der Waals surface area contributed by atoms with E-state index in [1.165, 1.54) is 19.2 Å². The van der Waals surface area contributed by atoms with Crippen molar-refractivity contribution >= 4 is 52.8 Å². The number of amides is 3. The van der Waals surface area contributed by atoms with Crippen LogP contribution in [0.5, 0.6) is 5.75 Å². The minimum absolute atomic E-state index is 0.0145. The first kappa shape index (κ1) is 38.3. The van der Waals surface area contributed by atoms with Crippen LogP contribution in [0.3, 0.4) is 0 Å². The minimum Gasteiger partial charge on any atom is -0.497 e. The second-order valence-electron chi connectivity index (χ2n) is 12.0. The number of Topliss-reactive ketones (excluding diaryl/α,β-unsaturated/α-hetero) is 1. The van der Waals surface area contributed by atoms with Gasteiger partial charge in [0.15, 0.2) is 23.2 Å². The van der Waals surface area contributed by atoms with Crippen LogP contribution < -0.4 is 42.8 Å². The number of rotatable bonds is 16. The van der Waals surface area contributed by atoms with E-state index in [1.807, 2.05) is 0 Å². The average molecular weight is 715 g/mol. The molecule has 17 heteroatoms. The van der Waals surface area contributed by atoms with Gasteiger partial charge in [0.1, 0.15) is 12.3 Å². The van der Waals surface area contributed by atoms with Crippen LogP contribution in [0.4, 0.5) is 11.4 Å². The van der Waals surface area contributed by atoms with Crippen molar-refractivity contribution in [2.45, 2.75) is 30.8 Å². The number of nitrogens with one attached hydrogen (secondary N) is 7. The molecular formula is C35H42N10O7.